The maximum Gasteiger partial charge on any atom is 0.119 e. The van der Waals surface area contributed by atoms with E-state index in [0.29, 0.717) is 24.2 Å². The van der Waals surface area contributed by atoms with Crippen molar-refractivity contribution in [2.45, 2.75) is 38.3 Å². The van der Waals surface area contributed by atoms with Crippen LogP contribution in [0.4, 0.5) is 0 Å². The molecule has 0 aliphatic carbocycles. The molecule has 2 atom stereocenters. The molecule has 0 amide bonds. The van der Waals surface area contributed by atoms with Gasteiger partial charge in [0, 0.05) is 17.6 Å². The fourth-order valence-electron chi connectivity index (χ4n) is 2.48. The van der Waals surface area contributed by atoms with Crippen LogP contribution in [0.15, 0.2) is 24.3 Å². The number of benzene rings is 1. The molecule has 2 rings (SSSR count). The van der Waals surface area contributed by atoms with Crippen molar-refractivity contribution < 1.29 is 9.84 Å². The van der Waals surface area contributed by atoms with Crippen LogP contribution in [-0.4, -0.2) is 41.8 Å². The molecule has 1 saturated heterocycles. The summed E-state index contributed by atoms with van der Waals surface area (Å²) in [6.45, 7) is 4.32. The number of halogens is 1. The van der Waals surface area contributed by atoms with Crippen molar-refractivity contribution in [1.82, 2.24) is 4.90 Å². The Morgan fingerprint density at radius 2 is 2.11 bits per heavy atom. The number of β-amino-alcohol motifs (C(OH)–C–C–N with tert-alkyl or cyclic N) is 1. The van der Waals surface area contributed by atoms with Crippen molar-refractivity contribution in [3.05, 3.63) is 29.3 Å². The van der Waals surface area contributed by atoms with E-state index >= 15 is 0 Å². The zero-order chi connectivity index (χ0) is 13.7. The third-order valence-electron chi connectivity index (χ3n) is 3.64. The summed E-state index contributed by atoms with van der Waals surface area (Å²) in [5.41, 5.74) is 0. The number of aliphatic hydroxyl groups is 1. The van der Waals surface area contributed by atoms with Gasteiger partial charge in [0.2, 0.25) is 0 Å². The normalized spacial score (nSPS) is 22.2. The van der Waals surface area contributed by atoms with Gasteiger partial charge in [-0.05, 0) is 50.6 Å². The quantitative estimate of drug-likeness (QED) is 0.902. The monoisotopic (exact) mass is 283 g/mol. The second-order valence-corrected chi connectivity index (χ2v) is 5.69. The fraction of sp³-hybridized carbons (Fsp3) is 0.600. The van der Waals surface area contributed by atoms with E-state index in [1.54, 1.807) is 12.1 Å². The summed E-state index contributed by atoms with van der Waals surface area (Å²) in [6, 6.07) is 7.78. The maximum atomic E-state index is 10.0. The summed E-state index contributed by atoms with van der Waals surface area (Å²) < 4.78 is 5.56. The van der Waals surface area contributed by atoms with E-state index in [9.17, 15) is 5.11 Å². The second-order valence-electron chi connectivity index (χ2n) is 5.26. The average Bonchev–Trinajstić information content (AvgIpc) is 2.41. The van der Waals surface area contributed by atoms with Gasteiger partial charge in [-0.2, -0.15) is 0 Å². The van der Waals surface area contributed by atoms with E-state index in [4.69, 9.17) is 16.3 Å². The minimum atomic E-state index is -0.448. The number of piperidine rings is 1. The lowest BCUT2D eigenvalue weighted by Gasteiger charge is -2.34. The van der Waals surface area contributed by atoms with Gasteiger partial charge in [0.15, 0.2) is 0 Å². The van der Waals surface area contributed by atoms with Gasteiger partial charge < -0.3 is 9.84 Å². The predicted octanol–water partition coefficient (Wildman–Crippen LogP) is 2.95. The number of hydrogen-bond acceptors (Lipinski definition) is 3. The van der Waals surface area contributed by atoms with Crippen molar-refractivity contribution in [2.75, 3.05) is 19.7 Å². The Bertz CT molecular complexity index is 382. The molecular weight excluding hydrogens is 262 g/mol. The summed E-state index contributed by atoms with van der Waals surface area (Å²) in [5, 5.41) is 10.7. The van der Waals surface area contributed by atoms with Crippen LogP contribution in [0, 0.1) is 0 Å². The van der Waals surface area contributed by atoms with E-state index in [1.165, 1.54) is 19.3 Å². The lowest BCUT2D eigenvalue weighted by atomic mass is 10.0. The van der Waals surface area contributed by atoms with Gasteiger partial charge in [0.05, 0.1) is 0 Å². The Kier molecular flexibility index (Phi) is 5.49. The largest absolute Gasteiger partial charge is 0.491 e. The summed E-state index contributed by atoms with van der Waals surface area (Å²) in [4.78, 5) is 2.35. The maximum absolute atomic E-state index is 10.0. The second kappa shape index (κ2) is 7.13. The first-order valence-electron chi connectivity index (χ1n) is 6.95. The molecule has 1 aliphatic heterocycles. The first-order valence-corrected chi connectivity index (χ1v) is 7.33. The zero-order valence-electron chi connectivity index (χ0n) is 11.4. The highest BCUT2D eigenvalue weighted by Gasteiger charge is 2.20. The summed E-state index contributed by atoms with van der Waals surface area (Å²) in [7, 11) is 0. The Hall–Kier alpha value is -0.770. The minimum Gasteiger partial charge on any atom is -0.491 e. The molecule has 1 aromatic rings. The van der Waals surface area contributed by atoms with Crippen LogP contribution in [0.25, 0.3) is 0 Å². The highest BCUT2D eigenvalue weighted by molar-refractivity contribution is 6.30. The van der Waals surface area contributed by atoms with E-state index in [2.05, 4.69) is 11.8 Å². The fourth-order valence-corrected chi connectivity index (χ4v) is 2.60. The standard InChI is InChI=1S/C15H22ClNO2/c1-12-4-2-3-9-17(12)10-14(18)11-19-15-7-5-13(16)6-8-15/h5-8,12,14,18H,2-4,9-11H2,1H3/t12-,14-/m0/s1. The van der Waals surface area contributed by atoms with Crippen LogP contribution >= 0.6 is 11.6 Å². The van der Waals surface area contributed by atoms with E-state index < -0.39 is 6.10 Å². The number of nitrogens with zero attached hydrogens (tertiary/aromatic N) is 1. The number of aliphatic hydroxyl groups excluding tert-OH is 1. The Morgan fingerprint density at radius 1 is 1.37 bits per heavy atom. The van der Waals surface area contributed by atoms with Crippen molar-refractivity contribution in [2.24, 2.45) is 0 Å². The van der Waals surface area contributed by atoms with E-state index in [-0.39, 0.29) is 0 Å². The van der Waals surface area contributed by atoms with Crippen molar-refractivity contribution in [1.29, 1.82) is 0 Å². The van der Waals surface area contributed by atoms with Gasteiger partial charge in [-0.25, -0.2) is 0 Å². The van der Waals surface area contributed by atoms with Crippen molar-refractivity contribution in [3.8, 4) is 5.75 Å². The van der Waals surface area contributed by atoms with Gasteiger partial charge in [0.1, 0.15) is 18.5 Å². The number of hydrogen-bond donors (Lipinski definition) is 1. The van der Waals surface area contributed by atoms with Crippen LogP contribution in [-0.2, 0) is 0 Å². The molecule has 19 heavy (non-hydrogen) atoms. The van der Waals surface area contributed by atoms with E-state index in [0.717, 1.165) is 12.3 Å². The molecule has 1 aliphatic rings. The van der Waals surface area contributed by atoms with Crippen LogP contribution < -0.4 is 4.74 Å². The molecule has 0 aromatic heterocycles. The topological polar surface area (TPSA) is 32.7 Å². The first-order chi connectivity index (χ1) is 9.15. The smallest absolute Gasteiger partial charge is 0.119 e. The third kappa shape index (κ3) is 4.68. The molecule has 4 heteroatoms. The van der Waals surface area contributed by atoms with Gasteiger partial charge in [0.25, 0.3) is 0 Å². The molecular formula is C15H22ClNO2. The molecule has 1 heterocycles. The van der Waals surface area contributed by atoms with Gasteiger partial charge in [-0.15, -0.1) is 0 Å². The Labute approximate surface area is 120 Å². The molecule has 106 valence electrons. The average molecular weight is 284 g/mol. The molecule has 0 spiro atoms. The van der Waals surface area contributed by atoms with Gasteiger partial charge in [-0.3, -0.25) is 4.90 Å². The van der Waals surface area contributed by atoms with Crippen molar-refractivity contribution in [3.63, 3.8) is 0 Å². The zero-order valence-corrected chi connectivity index (χ0v) is 12.1. The van der Waals surface area contributed by atoms with E-state index in [1.807, 2.05) is 12.1 Å². The minimum absolute atomic E-state index is 0.324. The molecule has 1 N–H and O–H groups in total. The Balaban J connectivity index is 1.74. The molecule has 1 aromatic carbocycles. The van der Waals surface area contributed by atoms with Crippen LogP contribution in [0.3, 0.4) is 0 Å². The Morgan fingerprint density at radius 3 is 2.79 bits per heavy atom. The van der Waals surface area contributed by atoms with Crippen LogP contribution in [0.5, 0.6) is 5.75 Å². The molecule has 3 nitrogen and oxygen atoms in total. The molecule has 0 saturated carbocycles. The highest BCUT2D eigenvalue weighted by Crippen LogP contribution is 2.18. The van der Waals surface area contributed by atoms with Crippen molar-refractivity contribution >= 4 is 11.6 Å². The lowest BCUT2D eigenvalue weighted by molar-refractivity contribution is 0.0438. The van der Waals surface area contributed by atoms with Gasteiger partial charge >= 0.3 is 0 Å². The SMILES string of the molecule is C[C@H]1CCCCN1C[C@H](O)COc1ccc(Cl)cc1. The molecule has 0 radical (unpaired) electrons. The number of ether oxygens (including phenoxy) is 1. The lowest BCUT2D eigenvalue weighted by Crippen LogP contribution is -2.43. The molecule has 1 fully saturated rings. The number of rotatable bonds is 5. The van der Waals surface area contributed by atoms with Crippen LogP contribution in [0.1, 0.15) is 26.2 Å². The highest BCUT2D eigenvalue weighted by atomic mass is 35.5. The summed E-state index contributed by atoms with van der Waals surface area (Å²) in [6.07, 6.45) is 3.31. The first kappa shape index (κ1) is 14.6. The molecule has 0 bridgehead atoms. The number of likely N-dealkylation sites (tertiary alicyclic amines) is 1. The summed E-state index contributed by atoms with van der Waals surface area (Å²) >= 11 is 5.81. The summed E-state index contributed by atoms with van der Waals surface area (Å²) in [5.74, 6) is 0.746. The molecule has 0 unspecified atom stereocenters. The van der Waals surface area contributed by atoms with Crippen LogP contribution in [0.2, 0.25) is 5.02 Å². The van der Waals surface area contributed by atoms with Gasteiger partial charge in [-0.1, -0.05) is 18.0 Å². The third-order valence-corrected chi connectivity index (χ3v) is 3.89. The predicted molar refractivity (Wildman–Crippen MR) is 77.8 cm³/mol.